The van der Waals surface area contributed by atoms with Crippen molar-refractivity contribution in [3.63, 3.8) is 0 Å². The summed E-state index contributed by atoms with van der Waals surface area (Å²) in [7, 11) is 1.26. The summed E-state index contributed by atoms with van der Waals surface area (Å²) >= 11 is 3.86. The molecule has 194 valence electrons. The molecular weight excluding hydrogens is 524 g/mol. The topological polar surface area (TPSA) is 94.6 Å². The van der Waals surface area contributed by atoms with E-state index in [9.17, 15) is 22.2 Å². The predicted octanol–water partition coefficient (Wildman–Crippen LogP) is 4.47. The quantitative estimate of drug-likeness (QED) is 0.352. The van der Waals surface area contributed by atoms with Crippen LogP contribution in [0.1, 0.15) is 36.6 Å². The molecule has 3 rings (SSSR count). The molecule has 2 heterocycles. The second-order valence-corrected chi connectivity index (χ2v) is 9.27. The Balaban J connectivity index is 2.26. The Bertz CT molecular complexity index is 1240. The van der Waals surface area contributed by atoms with Gasteiger partial charge in [0.15, 0.2) is 0 Å². The number of rotatable bonds is 7. The number of benzene rings is 1. The third-order valence-electron chi connectivity index (χ3n) is 5.92. The lowest BCUT2D eigenvalue weighted by Crippen LogP contribution is -2.60. The van der Waals surface area contributed by atoms with Gasteiger partial charge in [-0.1, -0.05) is 35.9 Å². The molecule has 0 spiro atoms. The molecule has 3 N–H and O–H groups in total. The molecule has 2 aromatic rings. The van der Waals surface area contributed by atoms with E-state index in [2.05, 4.69) is 15.0 Å². The van der Waals surface area contributed by atoms with Crippen molar-refractivity contribution in [2.24, 2.45) is 0 Å². The Kier molecular flexibility index (Phi) is 8.23. The van der Waals surface area contributed by atoms with Crippen molar-refractivity contribution in [2.75, 3.05) is 7.05 Å². The number of hydrogen-bond acceptors (Lipinski definition) is 4. The summed E-state index contributed by atoms with van der Waals surface area (Å²) in [5, 5.41) is 2.49. The predicted molar refractivity (Wildman–Crippen MR) is 128 cm³/mol. The Morgan fingerprint density at radius 1 is 1.31 bits per heavy atom. The number of halogens is 5. The zero-order valence-electron chi connectivity index (χ0n) is 19.3. The highest BCUT2D eigenvalue weighted by molar-refractivity contribution is 7.77. The van der Waals surface area contributed by atoms with Gasteiger partial charge >= 0.3 is 6.18 Å². The van der Waals surface area contributed by atoms with Gasteiger partial charge in [-0.2, -0.15) is 13.2 Å². The van der Waals surface area contributed by atoms with Gasteiger partial charge in [0.25, 0.3) is 0 Å². The third kappa shape index (κ3) is 5.31. The first kappa shape index (κ1) is 27.8. The number of aromatic nitrogens is 1. The van der Waals surface area contributed by atoms with Crippen LogP contribution in [0.5, 0.6) is 0 Å². The molecule has 0 fully saturated rings. The number of allylic oxidation sites excluding steroid dienone is 2. The monoisotopic (exact) mass is 546 g/mol. The number of amides is 1. The maximum Gasteiger partial charge on any atom is 0.412 e. The highest BCUT2D eigenvalue weighted by Crippen LogP contribution is 2.45. The van der Waals surface area contributed by atoms with Crippen LogP contribution in [0.15, 0.2) is 54.9 Å². The molecule has 13 heteroatoms. The van der Waals surface area contributed by atoms with Crippen molar-refractivity contribution in [2.45, 2.75) is 37.6 Å². The number of alkyl halides is 3. The maximum absolute atomic E-state index is 15.2. The van der Waals surface area contributed by atoms with E-state index < -0.39 is 46.8 Å². The summed E-state index contributed by atoms with van der Waals surface area (Å²) in [5.41, 5.74) is -2.08. The minimum atomic E-state index is -4.82. The molecular formula is C23H23ClF4N4O3S. The molecule has 0 bridgehead atoms. The van der Waals surface area contributed by atoms with Crippen LogP contribution >= 0.6 is 11.6 Å². The molecule has 4 atom stereocenters. The summed E-state index contributed by atoms with van der Waals surface area (Å²) < 4.78 is 80.5. The van der Waals surface area contributed by atoms with Gasteiger partial charge in [-0.25, -0.2) is 13.3 Å². The van der Waals surface area contributed by atoms with Gasteiger partial charge in [0, 0.05) is 42.3 Å². The van der Waals surface area contributed by atoms with Crippen molar-refractivity contribution in [3.8, 4) is 0 Å². The molecule has 4 unspecified atom stereocenters. The molecule has 1 aromatic heterocycles. The molecule has 36 heavy (non-hydrogen) atoms. The average Bonchev–Trinajstić information content (AvgIpc) is 2.81. The number of nitrogens with one attached hydrogen (secondary N) is 2. The number of hydrogen-bond donors (Lipinski definition) is 3. The molecule has 7 nitrogen and oxygen atoms in total. The van der Waals surface area contributed by atoms with Crippen molar-refractivity contribution in [1.29, 1.82) is 0 Å². The SMILES string of the molecule is CNC(=O)C(C)(c1ccc(C(C)NS(=O)O)c(F)c1)N1C(c2cnccc2Cl)=CC=CC1C(F)(F)F. The van der Waals surface area contributed by atoms with Crippen LogP contribution < -0.4 is 10.0 Å². The fraction of sp³-hybridized carbons (Fsp3) is 0.304. The molecule has 0 aliphatic carbocycles. The standard InChI is InChI=1S/C23H23ClF4N4O3S/c1-13(31-36(34)35)15-8-7-14(11-18(15)25)22(2,21(33)29-3)32-19(16-12-30-10-9-17(16)24)5-4-6-20(32)23(26,27)28/h4-13,20,31H,1-3H3,(H,29,33)(H,34,35). The Hall–Kier alpha value is -2.80. The number of nitrogens with zero attached hydrogens (tertiary/aromatic N) is 2. The molecule has 1 aliphatic rings. The van der Waals surface area contributed by atoms with Gasteiger partial charge in [0.05, 0.1) is 5.02 Å². The Labute approximate surface area is 212 Å². The van der Waals surface area contributed by atoms with Gasteiger partial charge in [-0.05, 0) is 37.6 Å². The highest BCUT2D eigenvalue weighted by atomic mass is 35.5. The number of likely N-dealkylation sites (N-methyl/N-ethyl adjacent to an activating group) is 1. The minimum absolute atomic E-state index is 0.0163. The van der Waals surface area contributed by atoms with Gasteiger partial charge in [0.1, 0.15) is 17.4 Å². The zero-order chi connectivity index (χ0) is 26.8. The molecule has 1 aliphatic heterocycles. The van der Waals surface area contributed by atoms with Gasteiger partial charge in [-0.3, -0.25) is 14.3 Å². The minimum Gasteiger partial charge on any atom is -0.357 e. The van der Waals surface area contributed by atoms with E-state index >= 15 is 4.39 Å². The van der Waals surface area contributed by atoms with E-state index in [1.165, 1.54) is 63.6 Å². The summed E-state index contributed by atoms with van der Waals surface area (Å²) in [5.74, 6) is -1.72. The van der Waals surface area contributed by atoms with Crippen LogP contribution in [0.3, 0.4) is 0 Å². The molecule has 0 saturated heterocycles. The van der Waals surface area contributed by atoms with Crippen molar-refractivity contribution < 1.29 is 31.1 Å². The normalized spacial score (nSPS) is 19.3. The van der Waals surface area contributed by atoms with Crippen molar-refractivity contribution in [3.05, 3.63) is 82.4 Å². The van der Waals surface area contributed by atoms with Crippen LogP contribution in [0, 0.1) is 5.82 Å². The third-order valence-corrected chi connectivity index (χ3v) is 6.81. The smallest absolute Gasteiger partial charge is 0.357 e. The highest BCUT2D eigenvalue weighted by Gasteiger charge is 2.53. The number of pyridine rings is 1. The van der Waals surface area contributed by atoms with Crippen LogP contribution in [-0.2, 0) is 21.6 Å². The summed E-state index contributed by atoms with van der Waals surface area (Å²) in [6.07, 6.45) is 1.31. The molecule has 0 radical (unpaired) electrons. The van der Waals surface area contributed by atoms with Gasteiger partial charge in [0.2, 0.25) is 17.2 Å². The van der Waals surface area contributed by atoms with Gasteiger partial charge in [-0.15, -0.1) is 0 Å². The summed E-state index contributed by atoms with van der Waals surface area (Å²) in [4.78, 5) is 18.1. The van der Waals surface area contributed by atoms with Crippen molar-refractivity contribution in [1.82, 2.24) is 19.9 Å². The molecule has 1 amide bonds. The Morgan fingerprint density at radius 2 is 2.00 bits per heavy atom. The molecule has 1 aromatic carbocycles. The van der Waals surface area contributed by atoms with Crippen LogP contribution in [0.4, 0.5) is 17.6 Å². The lowest BCUT2D eigenvalue weighted by molar-refractivity contribution is -0.177. The summed E-state index contributed by atoms with van der Waals surface area (Å²) in [6, 6.07) is 1.73. The van der Waals surface area contributed by atoms with Crippen LogP contribution in [0.2, 0.25) is 5.02 Å². The maximum atomic E-state index is 15.2. The van der Waals surface area contributed by atoms with E-state index in [-0.39, 0.29) is 27.4 Å². The van der Waals surface area contributed by atoms with Crippen LogP contribution in [0.25, 0.3) is 5.70 Å². The Morgan fingerprint density at radius 3 is 2.56 bits per heavy atom. The van der Waals surface area contributed by atoms with E-state index in [4.69, 9.17) is 16.2 Å². The first-order valence-corrected chi connectivity index (χ1v) is 12.0. The fourth-order valence-corrected chi connectivity index (χ4v) is 4.78. The van der Waals surface area contributed by atoms with Crippen LogP contribution in [-0.4, -0.2) is 43.8 Å². The fourth-order valence-electron chi connectivity index (χ4n) is 4.15. The lowest BCUT2D eigenvalue weighted by Gasteiger charge is -2.48. The second-order valence-electron chi connectivity index (χ2n) is 8.13. The zero-order valence-corrected chi connectivity index (χ0v) is 20.9. The average molecular weight is 547 g/mol. The molecule has 0 saturated carbocycles. The second kappa shape index (κ2) is 10.7. The van der Waals surface area contributed by atoms with E-state index in [1.54, 1.807) is 0 Å². The first-order valence-electron chi connectivity index (χ1n) is 10.6. The number of carbonyl (C=O) groups excluding carboxylic acids is 1. The lowest BCUT2D eigenvalue weighted by atomic mass is 9.84. The number of carbonyl (C=O) groups is 1. The largest absolute Gasteiger partial charge is 0.412 e. The summed E-state index contributed by atoms with van der Waals surface area (Å²) in [6.45, 7) is 2.69. The first-order chi connectivity index (χ1) is 16.8. The van der Waals surface area contributed by atoms with E-state index in [0.29, 0.717) is 0 Å². The van der Waals surface area contributed by atoms with Gasteiger partial charge < -0.3 is 10.2 Å². The van der Waals surface area contributed by atoms with E-state index in [0.717, 1.165) is 17.0 Å². The van der Waals surface area contributed by atoms with Crippen molar-refractivity contribution >= 4 is 34.5 Å². The van der Waals surface area contributed by atoms with E-state index in [1.807, 2.05) is 0 Å².